The van der Waals surface area contributed by atoms with E-state index in [2.05, 4.69) is 68.9 Å². The second kappa shape index (κ2) is 10.4. The molecule has 0 amide bonds. The highest BCUT2D eigenvalue weighted by molar-refractivity contribution is 6.02. The summed E-state index contributed by atoms with van der Waals surface area (Å²) in [5.41, 5.74) is 13.8. The molecular formula is C34H34FN7. The number of imidazole rings is 2. The summed E-state index contributed by atoms with van der Waals surface area (Å²) in [5, 5.41) is 5.57. The molecule has 0 spiro atoms. The number of aromatic nitrogens is 5. The summed E-state index contributed by atoms with van der Waals surface area (Å²) < 4.78 is 16.6. The molecule has 3 aromatic heterocycles. The first-order valence-electron chi connectivity index (χ1n) is 14.6. The Morgan fingerprint density at radius 2 is 1.90 bits per heavy atom. The number of hydrogen-bond donors (Lipinski definition) is 3. The fourth-order valence-electron chi connectivity index (χ4n) is 6.33. The Hall–Kier alpha value is -4.56. The van der Waals surface area contributed by atoms with Gasteiger partial charge in [-0.15, -0.1) is 0 Å². The number of H-pyrrole nitrogens is 1. The zero-order valence-electron chi connectivity index (χ0n) is 24.1. The minimum atomic E-state index is -0.296. The summed E-state index contributed by atoms with van der Waals surface area (Å²) in [7, 11) is 2.03. The zero-order chi connectivity index (χ0) is 29.0. The number of anilines is 1. The van der Waals surface area contributed by atoms with Crippen LogP contribution in [0.1, 0.15) is 61.9 Å². The molecule has 42 heavy (non-hydrogen) atoms. The Kier molecular flexibility index (Phi) is 6.50. The Morgan fingerprint density at radius 3 is 2.64 bits per heavy atom. The number of halogens is 1. The van der Waals surface area contributed by atoms with E-state index in [9.17, 15) is 4.39 Å². The monoisotopic (exact) mass is 559 g/mol. The van der Waals surface area contributed by atoms with E-state index in [0.717, 1.165) is 69.7 Å². The number of para-hydroxylation sites is 1. The second-order valence-corrected chi connectivity index (χ2v) is 11.5. The molecule has 0 saturated carbocycles. The van der Waals surface area contributed by atoms with Gasteiger partial charge >= 0.3 is 0 Å². The smallest absolute Gasteiger partial charge is 0.150 e. The molecule has 0 saturated heterocycles. The molecule has 3 heterocycles. The van der Waals surface area contributed by atoms with Crippen molar-refractivity contribution in [1.82, 2.24) is 29.7 Å². The summed E-state index contributed by atoms with van der Waals surface area (Å²) in [6.07, 6.45) is 7.82. The molecular weight excluding hydrogens is 525 g/mol. The molecule has 212 valence electrons. The van der Waals surface area contributed by atoms with Crippen LogP contribution in [0.5, 0.6) is 0 Å². The van der Waals surface area contributed by atoms with E-state index < -0.39 is 0 Å². The van der Waals surface area contributed by atoms with Crippen molar-refractivity contribution in [3.8, 4) is 11.3 Å². The van der Waals surface area contributed by atoms with Gasteiger partial charge < -0.3 is 16.0 Å². The molecule has 1 aliphatic rings. The van der Waals surface area contributed by atoms with Crippen LogP contribution in [0.25, 0.3) is 44.2 Å². The summed E-state index contributed by atoms with van der Waals surface area (Å²) in [5.74, 6) is 2.05. The molecule has 6 aromatic rings. The van der Waals surface area contributed by atoms with Crippen LogP contribution in [0, 0.1) is 5.82 Å². The molecule has 0 fully saturated rings. The summed E-state index contributed by atoms with van der Waals surface area (Å²) in [6.45, 7) is 4.34. The van der Waals surface area contributed by atoms with Crippen molar-refractivity contribution in [2.45, 2.75) is 51.5 Å². The van der Waals surface area contributed by atoms with E-state index in [0.29, 0.717) is 29.3 Å². The second-order valence-electron chi connectivity index (χ2n) is 11.5. The van der Waals surface area contributed by atoms with E-state index >= 15 is 0 Å². The molecule has 0 radical (unpaired) electrons. The maximum atomic E-state index is 14.3. The maximum Gasteiger partial charge on any atom is 0.150 e. The molecule has 7 nitrogen and oxygen atoms in total. The van der Waals surface area contributed by atoms with Crippen LogP contribution in [-0.2, 0) is 6.42 Å². The lowest BCUT2D eigenvalue weighted by molar-refractivity contribution is 0.522. The van der Waals surface area contributed by atoms with Gasteiger partial charge in [0.2, 0.25) is 0 Å². The van der Waals surface area contributed by atoms with Gasteiger partial charge in [0.15, 0.2) is 0 Å². The van der Waals surface area contributed by atoms with Gasteiger partial charge in [-0.1, -0.05) is 62.4 Å². The Bertz CT molecular complexity index is 2000. The van der Waals surface area contributed by atoms with Crippen LogP contribution >= 0.6 is 0 Å². The van der Waals surface area contributed by atoms with Gasteiger partial charge in [0, 0.05) is 23.9 Å². The Balaban J connectivity index is 1.39. The molecule has 0 aliphatic heterocycles. The molecule has 7 rings (SSSR count). The highest BCUT2D eigenvalue weighted by atomic mass is 19.1. The highest BCUT2D eigenvalue weighted by Crippen LogP contribution is 2.39. The van der Waals surface area contributed by atoms with Crippen molar-refractivity contribution in [3.63, 3.8) is 0 Å². The van der Waals surface area contributed by atoms with Crippen molar-refractivity contribution < 1.29 is 4.39 Å². The van der Waals surface area contributed by atoms with Gasteiger partial charge in [0.05, 0.1) is 17.4 Å². The molecule has 1 atom stereocenters. The highest BCUT2D eigenvalue weighted by Gasteiger charge is 2.25. The molecule has 4 N–H and O–H groups in total. The lowest BCUT2D eigenvalue weighted by atomic mass is 9.93. The minimum Gasteiger partial charge on any atom is -0.382 e. The van der Waals surface area contributed by atoms with E-state index in [1.54, 1.807) is 6.07 Å². The van der Waals surface area contributed by atoms with E-state index in [1.807, 2.05) is 31.4 Å². The van der Waals surface area contributed by atoms with Crippen molar-refractivity contribution >= 4 is 38.7 Å². The van der Waals surface area contributed by atoms with E-state index in [-0.39, 0.29) is 11.7 Å². The van der Waals surface area contributed by atoms with Gasteiger partial charge in [-0.3, -0.25) is 4.40 Å². The standard InChI is InChI=1S/C34H34FN7/c1-19(2)34-41-30(32-33(36)38-18-28(42(32)34)20-11-14-22(37-3)15-12-20)25-16-13-21(23-7-4-5-8-24(23)25)17-29-39-27-10-6-9-26(35)31(27)40-29/h4-11,13,16,18-19,22,37H,12,14-15,17H2,1-3H3,(H2,36,38)(H,39,40). The van der Waals surface area contributed by atoms with Gasteiger partial charge in [-0.25, -0.2) is 19.3 Å². The average molecular weight is 560 g/mol. The van der Waals surface area contributed by atoms with Crippen molar-refractivity contribution in [3.05, 3.63) is 95.6 Å². The van der Waals surface area contributed by atoms with Crippen LogP contribution in [0.3, 0.4) is 0 Å². The number of hydrogen-bond acceptors (Lipinski definition) is 5. The number of aromatic amines is 1. The third-order valence-corrected chi connectivity index (χ3v) is 8.52. The first kappa shape index (κ1) is 26.3. The third-order valence-electron chi connectivity index (χ3n) is 8.52. The van der Waals surface area contributed by atoms with Gasteiger partial charge in [-0.05, 0) is 60.4 Å². The largest absolute Gasteiger partial charge is 0.382 e. The van der Waals surface area contributed by atoms with Crippen LogP contribution < -0.4 is 11.1 Å². The molecule has 0 bridgehead atoms. The number of nitrogens with two attached hydrogens (primary N) is 1. The molecule has 1 aliphatic carbocycles. The predicted molar refractivity (Wildman–Crippen MR) is 168 cm³/mol. The van der Waals surface area contributed by atoms with Crippen LogP contribution in [-0.4, -0.2) is 37.4 Å². The lowest BCUT2D eigenvalue weighted by Crippen LogP contribution is -2.26. The average Bonchev–Trinajstić information content (AvgIpc) is 3.61. The zero-order valence-corrected chi connectivity index (χ0v) is 24.1. The van der Waals surface area contributed by atoms with Gasteiger partial charge in [-0.2, -0.15) is 0 Å². The first-order valence-corrected chi connectivity index (χ1v) is 14.6. The Morgan fingerprint density at radius 1 is 1.07 bits per heavy atom. The van der Waals surface area contributed by atoms with Gasteiger partial charge in [0.1, 0.15) is 40.0 Å². The molecule has 1 unspecified atom stereocenters. The number of nitrogens with zero attached hydrogens (tertiary/aromatic N) is 4. The maximum absolute atomic E-state index is 14.3. The number of nitrogen functional groups attached to an aromatic ring is 1. The number of nitrogens with one attached hydrogen (secondary N) is 2. The Labute approximate surface area is 243 Å². The molecule has 3 aromatic carbocycles. The normalized spacial score (nSPS) is 15.7. The first-order chi connectivity index (χ1) is 20.4. The quantitative estimate of drug-likeness (QED) is 0.204. The van der Waals surface area contributed by atoms with Crippen molar-refractivity contribution in [2.75, 3.05) is 12.8 Å². The third kappa shape index (κ3) is 4.34. The fraction of sp³-hybridized carbons (Fsp3) is 0.265. The van der Waals surface area contributed by atoms with Crippen LogP contribution in [0.2, 0.25) is 0 Å². The number of fused-ring (bicyclic) bond motifs is 3. The SMILES string of the molecule is CNC1CC=C(c2cnc(N)c3c(-c4ccc(Cc5nc6cccc(F)c6[nH]5)c5ccccc45)nc(C(C)C)n23)CC1. The predicted octanol–water partition coefficient (Wildman–Crippen LogP) is 7.02. The number of allylic oxidation sites excluding steroid dienone is 1. The lowest BCUT2D eigenvalue weighted by Gasteiger charge is -2.22. The van der Waals surface area contributed by atoms with Crippen LogP contribution in [0.4, 0.5) is 10.2 Å². The summed E-state index contributed by atoms with van der Waals surface area (Å²) in [4.78, 5) is 17.8. The topological polar surface area (TPSA) is 96.9 Å². The van der Waals surface area contributed by atoms with Crippen LogP contribution in [0.15, 0.2) is 66.9 Å². The summed E-state index contributed by atoms with van der Waals surface area (Å²) in [6, 6.07) is 18.0. The number of rotatable bonds is 6. The van der Waals surface area contributed by atoms with E-state index in [4.69, 9.17) is 10.7 Å². The number of benzene rings is 3. The summed E-state index contributed by atoms with van der Waals surface area (Å²) >= 11 is 0. The molecule has 8 heteroatoms. The fourth-order valence-corrected chi connectivity index (χ4v) is 6.33. The van der Waals surface area contributed by atoms with Crippen molar-refractivity contribution in [1.29, 1.82) is 0 Å². The van der Waals surface area contributed by atoms with Crippen molar-refractivity contribution in [2.24, 2.45) is 0 Å². The van der Waals surface area contributed by atoms with E-state index in [1.165, 1.54) is 11.6 Å². The minimum absolute atomic E-state index is 0.181. The van der Waals surface area contributed by atoms with Gasteiger partial charge in [0.25, 0.3) is 0 Å².